The smallest absolute Gasteiger partial charge is 0.234 e. The summed E-state index contributed by atoms with van der Waals surface area (Å²) in [5.74, 6) is 0.613. The van der Waals surface area contributed by atoms with Gasteiger partial charge in [0.25, 0.3) is 0 Å². The summed E-state index contributed by atoms with van der Waals surface area (Å²) in [6, 6.07) is 8.47. The van der Waals surface area contributed by atoms with E-state index in [4.69, 9.17) is 11.6 Å². The number of nitrogens with one attached hydrogen (secondary N) is 1. The Kier molecular flexibility index (Phi) is 5.46. The molecule has 1 aromatic heterocycles. The van der Waals surface area contributed by atoms with Gasteiger partial charge in [0.1, 0.15) is 5.82 Å². The SMILES string of the molecule is Cc1ccc(NC(=O)CSCc2ccc(Cl)s2)cc1F. The molecule has 6 heteroatoms. The van der Waals surface area contributed by atoms with E-state index in [1.807, 2.05) is 12.1 Å². The highest BCUT2D eigenvalue weighted by molar-refractivity contribution is 7.99. The summed E-state index contributed by atoms with van der Waals surface area (Å²) in [6.45, 7) is 1.68. The van der Waals surface area contributed by atoms with Gasteiger partial charge in [-0.25, -0.2) is 4.39 Å². The Morgan fingerprint density at radius 2 is 2.20 bits per heavy atom. The van der Waals surface area contributed by atoms with Crippen molar-refractivity contribution in [3.63, 3.8) is 0 Å². The number of benzene rings is 1. The van der Waals surface area contributed by atoms with Crippen molar-refractivity contribution in [2.24, 2.45) is 0 Å². The summed E-state index contributed by atoms with van der Waals surface area (Å²) in [7, 11) is 0. The van der Waals surface area contributed by atoms with E-state index in [-0.39, 0.29) is 11.7 Å². The number of rotatable bonds is 5. The lowest BCUT2D eigenvalue weighted by atomic mass is 10.2. The standard InChI is InChI=1S/C14H13ClFNOS2/c1-9-2-3-10(6-12(9)16)17-14(18)8-19-7-11-4-5-13(15)20-11/h2-6H,7-8H2,1H3,(H,17,18). The molecule has 1 aromatic carbocycles. The van der Waals surface area contributed by atoms with Crippen LogP contribution in [0, 0.1) is 12.7 Å². The van der Waals surface area contributed by atoms with Gasteiger partial charge in [0.05, 0.1) is 10.1 Å². The van der Waals surface area contributed by atoms with Crippen LogP contribution >= 0.6 is 34.7 Å². The summed E-state index contributed by atoms with van der Waals surface area (Å²) >= 11 is 8.84. The third-order valence-corrected chi connectivity index (χ3v) is 4.96. The van der Waals surface area contributed by atoms with E-state index in [0.29, 0.717) is 17.0 Å². The number of anilines is 1. The first-order valence-corrected chi connectivity index (χ1v) is 8.27. The van der Waals surface area contributed by atoms with Gasteiger partial charge in [-0.05, 0) is 36.8 Å². The maximum atomic E-state index is 13.3. The van der Waals surface area contributed by atoms with Crippen LogP contribution in [0.25, 0.3) is 0 Å². The average molecular weight is 330 g/mol. The third kappa shape index (κ3) is 4.51. The first kappa shape index (κ1) is 15.4. The minimum atomic E-state index is -0.316. The van der Waals surface area contributed by atoms with Gasteiger partial charge in [-0.2, -0.15) is 0 Å². The molecule has 106 valence electrons. The van der Waals surface area contributed by atoms with Gasteiger partial charge in [0.2, 0.25) is 5.91 Å². The second kappa shape index (κ2) is 7.11. The van der Waals surface area contributed by atoms with Gasteiger partial charge in [-0.1, -0.05) is 17.7 Å². The number of halogens is 2. The summed E-state index contributed by atoms with van der Waals surface area (Å²) in [5.41, 5.74) is 1.05. The van der Waals surface area contributed by atoms with E-state index in [9.17, 15) is 9.18 Å². The lowest BCUT2D eigenvalue weighted by Gasteiger charge is -2.06. The fourth-order valence-corrected chi connectivity index (χ4v) is 3.57. The van der Waals surface area contributed by atoms with E-state index < -0.39 is 0 Å². The van der Waals surface area contributed by atoms with Gasteiger partial charge in [-0.3, -0.25) is 4.79 Å². The number of amides is 1. The van der Waals surface area contributed by atoms with Crippen molar-refractivity contribution in [3.05, 3.63) is 50.9 Å². The van der Waals surface area contributed by atoms with Gasteiger partial charge < -0.3 is 5.32 Å². The van der Waals surface area contributed by atoms with Gasteiger partial charge in [-0.15, -0.1) is 23.1 Å². The fraction of sp³-hybridized carbons (Fsp3) is 0.214. The topological polar surface area (TPSA) is 29.1 Å². The predicted molar refractivity (Wildman–Crippen MR) is 85.3 cm³/mol. The Hall–Kier alpha value is -1.04. The second-order valence-corrected chi connectivity index (χ2v) is 7.00. The molecule has 2 rings (SSSR count). The Balaban J connectivity index is 1.79. The van der Waals surface area contributed by atoms with E-state index in [1.54, 1.807) is 19.1 Å². The zero-order valence-electron chi connectivity index (χ0n) is 10.8. The van der Waals surface area contributed by atoms with Crippen molar-refractivity contribution in [1.82, 2.24) is 0 Å². The van der Waals surface area contributed by atoms with Gasteiger partial charge >= 0.3 is 0 Å². The lowest BCUT2D eigenvalue weighted by molar-refractivity contribution is -0.113. The van der Waals surface area contributed by atoms with Crippen molar-refractivity contribution in [2.45, 2.75) is 12.7 Å². The quantitative estimate of drug-likeness (QED) is 0.859. The van der Waals surface area contributed by atoms with Crippen molar-refractivity contribution in [1.29, 1.82) is 0 Å². The summed E-state index contributed by atoms with van der Waals surface area (Å²) in [6.07, 6.45) is 0. The molecule has 0 spiro atoms. The highest BCUT2D eigenvalue weighted by Crippen LogP contribution is 2.25. The maximum Gasteiger partial charge on any atom is 0.234 e. The van der Waals surface area contributed by atoms with E-state index in [0.717, 1.165) is 15.0 Å². The van der Waals surface area contributed by atoms with Crippen LogP contribution in [0.3, 0.4) is 0 Å². The molecule has 2 aromatic rings. The van der Waals surface area contributed by atoms with Gasteiger partial charge in [0, 0.05) is 16.3 Å². The molecule has 1 heterocycles. The maximum absolute atomic E-state index is 13.3. The number of carbonyl (C=O) groups excluding carboxylic acids is 1. The highest BCUT2D eigenvalue weighted by Gasteiger charge is 2.06. The van der Waals surface area contributed by atoms with Crippen molar-refractivity contribution < 1.29 is 9.18 Å². The largest absolute Gasteiger partial charge is 0.325 e. The fourth-order valence-electron chi connectivity index (χ4n) is 1.54. The van der Waals surface area contributed by atoms with Crippen molar-refractivity contribution >= 4 is 46.3 Å². The third-order valence-electron chi connectivity index (χ3n) is 2.56. The molecule has 20 heavy (non-hydrogen) atoms. The van der Waals surface area contributed by atoms with Crippen LogP contribution < -0.4 is 5.32 Å². The van der Waals surface area contributed by atoms with Crippen molar-refractivity contribution in [2.75, 3.05) is 11.1 Å². The number of hydrogen-bond donors (Lipinski definition) is 1. The van der Waals surface area contributed by atoms with Crippen LogP contribution in [-0.2, 0) is 10.5 Å². The normalized spacial score (nSPS) is 10.6. The Morgan fingerprint density at radius 3 is 2.85 bits per heavy atom. The summed E-state index contributed by atoms with van der Waals surface area (Å²) in [5, 5.41) is 2.68. The molecule has 0 aliphatic carbocycles. The van der Waals surface area contributed by atoms with E-state index in [2.05, 4.69) is 5.32 Å². The number of aryl methyl sites for hydroxylation is 1. The molecule has 0 aliphatic rings. The number of hydrogen-bond acceptors (Lipinski definition) is 3. The van der Waals surface area contributed by atoms with Crippen molar-refractivity contribution in [3.8, 4) is 0 Å². The molecular weight excluding hydrogens is 317 g/mol. The first-order valence-electron chi connectivity index (χ1n) is 5.92. The molecule has 1 N–H and O–H groups in total. The molecule has 0 bridgehead atoms. The molecule has 0 saturated carbocycles. The molecule has 0 aliphatic heterocycles. The Labute approximate surface area is 130 Å². The van der Waals surface area contributed by atoms with Crippen LogP contribution in [0.5, 0.6) is 0 Å². The molecule has 2 nitrogen and oxygen atoms in total. The van der Waals surface area contributed by atoms with Crippen LogP contribution in [0.4, 0.5) is 10.1 Å². The van der Waals surface area contributed by atoms with Crippen LogP contribution in [-0.4, -0.2) is 11.7 Å². The highest BCUT2D eigenvalue weighted by atomic mass is 35.5. The average Bonchev–Trinajstić information content (AvgIpc) is 2.80. The minimum absolute atomic E-state index is 0.138. The number of thioether (sulfide) groups is 1. The van der Waals surface area contributed by atoms with Crippen LogP contribution in [0.1, 0.15) is 10.4 Å². The lowest BCUT2D eigenvalue weighted by Crippen LogP contribution is -2.14. The molecule has 0 saturated heterocycles. The van der Waals surface area contributed by atoms with E-state index in [1.165, 1.54) is 29.2 Å². The van der Waals surface area contributed by atoms with Crippen LogP contribution in [0.2, 0.25) is 4.34 Å². The number of thiophene rings is 1. The Morgan fingerprint density at radius 1 is 1.40 bits per heavy atom. The zero-order valence-corrected chi connectivity index (χ0v) is 13.2. The Bertz CT molecular complexity index is 615. The predicted octanol–water partition coefficient (Wildman–Crippen LogP) is 4.72. The molecule has 1 amide bonds. The second-order valence-electron chi connectivity index (χ2n) is 4.21. The zero-order chi connectivity index (χ0) is 14.5. The molecule has 0 atom stereocenters. The molecule has 0 fully saturated rings. The van der Waals surface area contributed by atoms with E-state index >= 15 is 0 Å². The summed E-state index contributed by atoms with van der Waals surface area (Å²) in [4.78, 5) is 12.9. The number of carbonyl (C=O) groups is 1. The van der Waals surface area contributed by atoms with Gasteiger partial charge in [0.15, 0.2) is 0 Å². The minimum Gasteiger partial charge on any atom is -0.325 e. The van der Waals surface area contributed by atoms with Crippen LogP contribution in [0.15, 0.2) is 30.3 Å². The molecule has 0 unspecified atom stereocenters. The monoisotopic (exact) mass is 329 g/mol. The first-order chi connectivity index (χ1) is 9.54. The molecular formula is C14H13ClFNOS2. The molecule has 0 radical (unpaired) electrons. The summed E-state index contributed by atoms with van der Waals surface area (Å²) < 4.78 is 14.1.